The van der Waals surface area contributed by atoms with Crippen molar-refractivity contribution < 1.29 is 34.2 Å². The first-order valence-corrected chi connectivity index (χ1v) is 19.9. The summed E-state index contributed by atoms with van der Waals surface area (Å²) in [5.41, 5.74) is 4.35. The minimum absolute atomic E-state index is 0. The molecule has 0 bridgehead atoms. The summed E-state index contributed by atoms with van der Waals surface area (Å²) in [6.45, 7) is 7.42. The molecule has 12 heteroatoms. The largest absolute Gasteiger partial charge is 2.00 e. The van der Waals surface area contributed by atoms with Gasteiger partial charge in [0.2, 0.25) is 5.91 Å². The molecule has 1 aliphatic rings. The van der Waals surface area contributed by atoms with E-state index < -0.39 is 17.4 Å². The van der Waals surface area contributed by atoms with Gasteiger partial charge < -0.3 is 35.3 Å². The Kier molecular flexibility index (Phi) is 15.8. The van der Waals surface area contributed by atoms with Crippen molar-refractivity contribution in [3.05, 3.63) is 117 Å². The summed E-state index contributed by atoms with van der Waals surface area (Å²) in [5.74, 6) is -3.18. The molecule has 5 rings (SSSR count). The van der Waals surface area contributed by atoms with E-state index in [1.54, 1.807) is 61.2 Å². The normalized spacial score (nSPS) is 12.3. The van der Waals surface area contributed by atoms with Gasteiger partial charge in [-0.15, -0.1) is 11.3 Å². The van der Waals surface area contributed by atoms with E-state index in [4.69, 9.17) is 0 Å². The number of amides is 3. The molecule has 1 aromatic heterocycles. The van der Waals surface area contributed by atoms with Crippen LogP contribution in [0.1, 0.15) is 124 Å². The molecule has 1 aliphatic carbocycles. The number of nitrogens with one attached hydrogen (secondary N) is 2. The fourth-order valence-electron chi connectivity index (χ4n) is 6.94. The molecular weight excluding hydrogens is 739 g/mol. The Morgan fingerprint density at radius 2 is 1.41 bits per heavy atom. The van der Waals surface area contributed by atoms with Crippen LogP contribution in [0.3, 0.4) is 0 Å². The van der Waals surface area contributed by atoms with Crippen LogP contribution in [0, 0.1) is 5.41 Å². The van der Waals surface area contributed by atoms with Gasteiger partial charge in [0.25, 0.3) is 11.8 Å². The van der Waals surface area contributed by atoms with Gasteiger partial charge in [0.05, 0.1) is 11.5 Å². The van der Waals surface area contributed by atoms with Crippen LogP contribution in [0.2, 0.25) is 0 Å². The number of anilines is 2. The fraction of sp³-hybridized carbons (Fsp3) is 0.386. The number of nitrogens with zero attached hydrogens (tertiary/aromatic N) is 1. The minimum Gasteiger partial charge on any atom is -0.550 e. The van der Waals surface area contributed by atoms with Gasteiger partial charge in [-0.05, 0) is 110 Å². The number of rotatable bonds is 17. The average Bonchev–Trinajstić information content (AvgIpc) is 3.54. The van der Waals surface area contributed by atoms with Gasteiger partial charge in [-0.25, -0.2) is 0 Å². The summed E-state index contributed by atoms with van der Waals surface area (Å²) >= 11 is 1.44. The van der Waals surface area contributed by atoms with Gasteiger partial charge in [-0.1, -0.05) is 76.2 Å². The molecule has 0 saturated heterocycles. The van der Waals surface area contributed by atoms with Crippen LogP contribution in [0.5, 0.6) is 0 Å². The molecule has 0 saturated carbocycles. The topological polar surface area (TPSA) is 159 Å². The molecule has 56 heavy (non-hydrogen) atoms. The standard InChI is InChI=1S/C44H51N3O7S.Mg/c1-5-34(6-2)47(37(48)24-25-44(3,4)43(53)54)27-30-10-9-11-32(26-30)39(49)46-41-38(35-12-7-8-13-36(35)55-41)40(50)45-33-22-18-29(19-23-33)15-14-28-16-20-31(21-17-28)42(51)52;/h9-11,16-23,26,34H,5-8,12-15,24-25,27H2,1-4H3,(H,45,50)(H,46,49)(H,51,52)(H,53,54);/q;+2/p-2. The van der Waals surface area contributed by atoms with Crippen molar-refractivity contribution in [3.8, 4) is 0 Å². The number of aromatic carboxylic acids is 1. The van der Waals surface area contributed by atoms with E-state index in [-0.39, 0.29) is 71.8 Å². The van der Waals surface area contributed by atoms with Crippen molar-refractivity contribution in [2.75, 3.05) is 10.6 Å². The third-order valence-corrected chi connectivity index (χ3v) is 11.7. The van der Waals surface area contributed by atoms with Crippen LogP contribution in [0.4, 0.5) is 10.7 Å². The van der Waals surface area contributed by atoms with Crippen molar-refractivity contribution in [2.24, 2.45) is 5.41 Å². The van der Waals surface area contributed by atoms with Crippen molar-refractivity contribution >= 4 is 74.7 Å². The molecule has 10 nitrogen and oxygen atoms in total. The Morgan fingerprint density at radius 1 is 0.786 bits per heavy atom. The number of carbonyl (C=O) groups is 5. The number of carboxylic acid groups (broad SMARTS) is 2. The number of aryl methyl sites for hydroxylation is 3. The molecule has 0 fully saturated rings. The Hall–Kier alpha value is -4.52. The Bertz CT molecular complexity index is 2020. The number of aliphatic carboxylic acids is 1. The number of hydrogen-bond acceptors (Lipinski definition) is 8. The number of benzene rings is 3. The Balaban J connectivity index is 0.00000696. The summed E-state index contributed by atoms with van der Waals surface area (Å²) in [4.78, 5) is 66.6. The molecule has 0 unspecified atom stereocenters. The minimum atomic E-state index is -1.20. The summed E-state index contributed by atoms with van der Waals surface area (Å²) < 4.78 is 0. The maximum Gasteiger partial charge on any atom is 2.00 e. The van der Waals surface area contributed by atoms with Crippen molar-refractivity contribution in [1.82, 2.24) is 4.90 Å². The summed E-state index contributed by atoms with van der Waals surface area (Å²) in [6.07, 6.45) is 6.73. The van der Waals surface area contributed by atoms with Crippen molar-refractivity contribution in [2.45, 2.75) is 104 Å². The van der Waals surface area contributed by atoms with Crippen LogP contribution >= 0.6 is 11.3 Å². The molecule has 0 spiro atoms. The van der Waals surface area contributed by atoms with E-state index in [0.29, 0.717) is 21.8 Å². The van der Waals surface area contributed by atoms with Crippen LogP contribution in [0.25, 0.3) is 0 Å². The predicted octanol–water partition coefficient (Wildman–Crippen LogP) is 5.97. The zero-order chi connectivity index (χ0) is 39.7. The van der Waals surface area contributed by atoms with Crippen LogP contribution in [-0.4, -0.2) is 63.7 Å². The molecule has 0 aliphatic heterocycles. The first-order valence-electron chi connectivity index (χ1n) is 19.1. The number of fused-ring (bicyclic) bond motifs is 1. The van der Waals surface area contributed by atoms with Crippen LogP contribution in [0.15, 0.2) is 72.8 Å². The first kappa shape index (κ1) is 44.2. The van der Waals surface area contributed by atoms with E-state index in [2.05, 4.69) is 10.6 Å². The van der Waals surface area contributed by atoms with Gasteiger partial charge in [0.15, 0.2) is 0 Å². The van der Waals surface area contributed by atoms with Gasteiger partial charge in [-0.2, -0.15) is 0 Å². The number of thiophene rings is 1. The van der Waals surface area contributed by atoms with E-state index in [9.17, 15) is 34.2 Å². The second-order valence-electron chi connectivity index (χ2n) is 14.9. The number of carbonyl (C=O) groups excluding carboxylic acids is 5. The van der Waals surface area contributed by atoms with Crippen molar-refractivity contribution in [3.63, 3.8) is 0 Å². The maximum atomic E-state index is 13.9. The van der Waals surface area contributed by atoms with E-state index >= 15 is 0 Å². The average molecular weight is 788 g/mol. The molecule has 3 amide bonds. The summed E-state index contributed by atoms with van der Waals surface area (Å²) in [5, 5.41) is 29.2. The number of hydrogen-bond donors (Lipinski definition) is 2. The summed E-state index contributed by atoms with van der Waals surface area (Å²) in [6, 6.07) is 21.4. The van der Waals surface area contributed by atoms with Crippen LogP contribution in [-0.2, 0) is 41.8 Å². The molecule has 3 aromatic carbocycles. The second kappa shape index (κ2) is 20.1. The third kappa shape index (κ3) is 11.3. The Labute approximate surface area is 349 Å². The third-order valence-electron chi connectivity index (χ3n) is 10.5. The molecule has 4 aromatic rings. The van der Waals surface area contributed by atoms with Gasteiger partial charge in [0, 0.05) is 46.5 Å². The molecular formula is C44H49MgN3O7S. The molecule has 0 atom stereocenters. The van der Waals surface area contributed by atoms with Crippen LogP contribution < -0.4 is 20.8 Å². The Morgan fingerprint density at radius 3 is 2.02 bits per heavy atom. The SMILES string of the molecule is CCC(CC)N(Cc1cccc(C(=O)Nc2sc3c(c2C(=O)Nc2ccc(CCc4ccc(C(=O)[O-])cc4)cc2)CCCC3)c1)C(=O)CCC(C)(C)C(=O)[O-].[Mg+2]. The second-order valence-corrected chi connectivity index (χ2v) is 16.0. The van der Waals surface area contributed by atoms with E-state index in [1.807, 2.05) is 44.2 Å². The quantitative estimate of drug-likeness (QED) is 0.125. The smallest absolute Gasteiger partial charge is 0.550 e. The summed E-state index contributed by atoms with van der Waals surface area (Å²) in [7, 11) is 0. The zero-order valence-corrected chi connectivity index (χ0v) is 34.9. The van der Waals surface area contributed by atoms with Gasteiger partial charge in [-0.3, -0.25) is 14.4 Å². The zero-order valence-electron chi connectivity index (χ0n) is 32.7. The molecule has 290 valence electrons. The molecule has 1 heterocycles. The number of carboxylic acids is 2. The molecule has 2 N–H and O–H groups in total. The predicted molar refractivity (Wildman–Crippen MR) is 217 cm³/mol. The fourth-order valence-corrected chi connectivity index (χ4v) is 8.22. The maximum absolute atomic E-state index is 13.9. The van der Waals surface area contributed by atoms with E-state index in [0.717, 1.165) is 78.5 Å². The van der Waals surface area contributed by atoms with Gasteiger partial charge >= 0.3 is 23.1 Å². The van der Waals surface area contributed by atoms with Gasteiger partial charge in [0.1, 0.15) is 5.00 Å². The van der Waals surface area contributed by atoms with Crippen molar-refractivity contribution in [1.29, 1.82) is 0 Å². The molecule has 0 radical (unpaired) electrons. The monoisotopic (exact) mass is 787 g/mol. The van der Waals surface area contributed by atoms with E-state index in [1.165, 1.54) is 11.3 Å². The first-order chi connectivity index (χ1) is 26.3.